The Morgan fingerprint density at radius 2 is 2.06 bits per heavy atom. The van der Waals surface area contributed by atoms with Gasteiger partial charge in [0.15, 0.2) is 0 Å². The molecule has 0 spiro atoms. The van der Waals surface area contributed by atoms with Gasteiger partial charge in [0.1, 0.15) is 0 Å². The lowest BCUT2D eigenvalue weighted by atomic mass is 9.78. The van der Waals surface area contributed by atoms with Crippen LogP contribution in [0.25, 0.3) is 0 Å². The van der Waals surface area contributed by atoms with Crippen LogP contribution in [0, 0.1) is 17.3 Å². The van der Waals surface area contributed by atoms with Gasteiger partial charge in [0.05, 0.1) is 0 Å². The molecule has 2 rings (SSSR count). The molecule has 2 fully saturated rings. The molecule has 1 unspecified atom stereocenters. The summed E-state index contributed by atoms with van der Waals surface area (Å²) < 4.78 is 0. The molecule has 0 aromatic rings. The van der Waals surface area contributed by atoms with Crippen molar-refractivity contribution in [1.29, 1.82) is 0 Å². The second-order valence-corrected chi connectivity index (χ2v) is 6.83. The molecular formula is C15H27NO2. The first kappa shape index (κ1) is 13.9. The van der Waals surface area contributed by atoms with E-state index in [9.17, 15) is 9.90 Å². The van der Waals surface area contributed by atoms with Gasteiger partial charge in [0, 0.05) is 32.0 Å². The fourth-order valence-corrected chi connectivity index (χ4v) is 3.95. The lowest BCUT2D eigenvalue weighted by molar-refractivity contribution is -0.129. The third-order valence-electron chi connectivity index (χ3n) is 4.58. The summed E-state index contributed by atoms with van der Waals surface area (Å²) in [5.74, 6) is 1.13. The van der Waals surface area contributed by atoms with E-state index >= 15 is 0 Å². The Balaban J connectivity index is 1.99. The highest BCUT2D eigenvalue weighted by molar-refractivity contribution is 5.78. The third kappa shape index (κ3) is 3.05. The van der Waals surface area contributed by atoms with Gasteiger partial charge in [0.2, 0.25) is 5.91 Å². The maximum Gasteiger partial charge on any atom is 0.223 e. The van der Waals surface area contributed by atoms with E-state index in [0.717, 1.165) is 13.1 Å². The molecule has 1 aliphatic heterocycles. The fraction of sp³-hybridized carbons (Fsp3) is 0.933. The average molecular weight is 253 g/mol. The maximum absolute atomic E-state index is 12.0. The third-order valence-corrected chi connectivity index (χ3v) is 4.58. The molecule has 3 nitrogen and oxygen atoms in total. The molecular weight excluding hydrogens is 226 g/mol. The molecule has 0 aromatic carbocycles. The second-order valence-electron chi connectivity index (χ2n) is 6.83. The number of rotatable bonds is 5. The van der Waals surface area contributed by atoms with Gasteiger partial charge in [-0.05, 0) is 30.6 Å². The highest BCUT2D eigenvalue weighted by Crippen LogP contribution is 2.44. The molecule has 1 saturated heterocycles. The van der Waals surface area contributed by atoms with Crippen LogP contribution < -0.4 is 0 Å². The minimum absolute atomic E-state index is 0.152. The Bertz CT molecular complexity index is 295. The van der Waals surface area contributed by atoms with Crippen molar-refractivity contribution in [1.82, 2.24) is 4.90 Å². The predicted octanol–water partition coefficient (Wildman–Crippen LogP) is 2.43. The first-order valence-electron chi connectivity index (χ1n) is 7.43. The molecule has 1 amide bonds. The van der Waals surface area contributed by atoms with Crippen molar-refractivity contribution in [3.8, 4) is 0 Å². The van der Waals surface area contributed by atoms with Crippen LogP contribution in [0.15, 0.2) is 0 Å². The Morgan fingerprint density at radius 1 is 1.39 bits per heavy atom. The topological polar surface area (TPSA) is 40.5 Å². The van der Waals surface area contributed by atoms with Crippen LogP contribution in [0.1, 0.15) is 52.4 Å². The van der Waals surface area contributed by atoms with E-state index in [1.807, 2.05) is 4.90 Å². The number of carbonyl (C=O) groups is 1. The van der Waals surface area contributed by atoms with E-state index in [0.29, 0.717) is 17.8 Å². The first-order chi connectivity index (χ1) is 8.54. The highest BCUT2D eigenvalue weighted by atomic mass is 16.3. The summed E-state index contributed by atoms with van der Waals surface area (Å²) in [4.78, 5) is 14.0. The van der Waals surface area contributed by atoms with E-state index in [2.05, 4.69) is 13.8 Å². The van der Waals surface area contributed by atoms with Crippen LogP contribution in [0.4, 0.5) is 0 Å². The van der Waals surface area contributed by atoms with Crippen molar-refractivity contribution in [2.75, 3.05) is 19.7 Å². The van der Waals surface area contributed by atoms with Gasteiger partial charge >= 0.3 is 0 Å². The van der Waals surface area contributed by atoms with Crippen molar-refractivity contribution < 1.29 is 9.90 Å². The first-order valence-corrected chi connectivity index (χ1v) is 7.43. The van der Waals surface area contributed by atoms with Crippen molar-refractivity contribution in [3.05, 3.63) is 0 Å². The van der Waals surface area contributed by atoms with Gasteiger partial charge in [-0.1, -0.05) is 26.7 Å². The second kappa shape index (κ2) is 5.60. The number of aliphatic hydroxyl groups excluding tert-OH is 1. The van der Waals surface area contributed by atoms with Crippen LogP contribution in [0.3, 0.4) is 0 Å². The molecule has 18 heavy (non-hydrogen) atoms. The van der Waals surface area contributed by atoms with Gasteiger partial charge in [-0.25, -0.2) is 0 Å². The molecule has 1 atom stereocenters. The van der Waals surface area contributed by atoms with E-state index in [1.165, 1.54) is 32.1 Å². The van der Waals surface area contributed by atoms with Gasteiger partial charge in [-0.3, -0.25) is 4.79 Å². The molecule has 2 aliphatic rings. The molecule has 1 aliphatic carbocycles. The zero-order valence-electron chi connectivity index (χ0n) is 11.8. The van der Waals surface area contributed by atoms with E-state index in [4.69, 9.17) is 0 Å². The molecule has 1 heterocycles. The number of carbonyl (C=O) groups excluding carboxylic acids is 1. The smallest absolute Gasteiger partial charge is 0.223 e. The van der Waals surface area contributed by atoms with Crippen LogP contribution in [-0.2, 0) is 4.79 Å². The predicted molar refractivity (Wildman–Crippen MR) is 72.1 cm³/mol. The van der Waals surface area contributed by atoms with Crippen LogP contribution in [0.2, 0.25) is 0 Å². The van der Waals surface area contributed by atoms with Crippen LogP contribution >= 0.6 is 0 Å². The lowest BCUT2D eigenvalue weighted by Gasteiger charge is -2.35. The Labute approximate surface area is 111 Å². The number of likely N-dealkylation sites (tertiary alicyclic amines) is 1. The van der Waals surface area contributed by atoms with Gasteiger partial charge < -0.3 is 10.0 Å². The Kier molecular flexibility index (Phi) is 4.31. The molecule has 1 N–H and O–H groups in total. The SMILES string of the molecule is CC(C)CC1(CN2CC(CO)CC2=O)CCCC1. The summed E-state index contributed by atoms with van der Waals surface area (Å²) in [6, 6.07) is 0. The Morgan fingerprint density at radius 3 is 2.56 bits per heavy atom. The zero-order valence-corrected chi connectivity index (χ0v) is 11.8. The molecule has 104 valence electrons. The largest absolute Gasteiger partial charge is 0.396 e. The molecule has 0 aromatic heterocycles. The van der Waals surface area contributed by atoms with Gasteiger partial charge in [0.25, 0.3) is 0 Å². The molecule has 0 bridgehead atoms. The van der Waals surface area contributed by atoms with Crippen molar-refractivity contribution in [2.45, 2.75) is 52.4 Å². The normalized spacial score (nSPS) is 27.4. The molecule has 1 saturated carbocycles. The van der Waals surface area contributed by atoms with Crippen LogP contribution in [0.5, 0.6) is 0 Å². The summed E-state index contributed by atoms with van der Waals surface area (Å²) >= 11 is 0. The summed E-state index contributed by atoms with van der Waals surface area (Å²) in [5.41, 5.74) is 0.369. The van der Waals surface area contributed by atoms with E-state index in [-0.39, 0.29) is 18.4 Å². The molecule has 3 heteroatoms. The maximum atomic E-state index is 12.0. The minimum Gasteiger partial charge on any atom is -0.396 e. The minimum atomic E-state index is 0.152. The monoisotopic (exact) mass is 253 g/mol. The summed E-state index contributed by atoms with van der Waals surface area (Å²) in [6.07, 6.45) is 6.97. The summed E-state index contributed by atoms with van der Waals surface area (Å²) in [6.45, 7) is 6.42. The number of hydrogen-bond acceptors (Lipinski definition) is 2. The van der Waals surface area contributed by atoms with Crippen molar-refractivity contribution >= 4 is 5.91 Å². The van der Waals surface area contributed by atoms with Gasteiger partial charge in [-0.15, -0.1) is 0 Å². The van der Waals surface area contributed by atoms with E-state index < -0.39 is 0 Å². The molecule has 0 radical (unpaired) electrons. The zero-order chi connectivity index (χ0) is 13.2. The number of aliphatic hydroxyl groups is 1. The van der Waals surface area contributed by atoms with Gasteiger partial charge in [-0.2, -0.15) is 0 Å². The summed E-state index contributed by atoms with van der Waals surface area (Å²) in [7, 11) is 0. The fourth-order valence-electron chi connectivity index (χ4n) is 3.95. The Hall–Kier alpha value is -0.570. The quantitative estimate of drug-likeness (QED) is 0.817. The lowest BCUT2D eigenvalue weighted by Crippen LogP contribution is -2.38. The number of hydrogen-bond donors (Lipinski definition) is 1. The van der Waals surface area contributed by atoms with Crippen molar-refractivity contribution in [2.24, 2.45) is 17.3 Å². The standard InChI is InChI=1S/C15H27NO2/c1-12(2)8-15(5-3-4-6-15)11-16-9-13(10-17)7-14(16)18/h12-13,17H,3-11H2,1-2H3. The van der Waals surface area contributed by atoms with Crippen molar-refractivity contribution in [3.63, 3.8) is 0 Å². The van der Waals surface area contributed by atoms with Crippen LogP contribution in [-0.4, -0.2) is 35.6 Å². The number of amides is 1. The summed E-state index contributed by atoms with van der Waals surface area (Å²) in [5, 5.41) is 9.19. The average Bonchev–Trinajstić information content (AvgIpc) is 2.87. The highest BCUT2D eigenvalue weighted by Gasteiger charge is 2.39. The number of nitrogens with zero attached hydrogens (tertiary/aromatic N) is 1. The van der Waals surface area contributed by atoms with E-state index in [1.54, 1.807) is 0 Å².